The summed E-state index contributed by atoms with van der Waals surface area (Å²) in [6.07, 6.45) is 1.74. The maximum atomic E-state index is 12.5. The van der Waals surface area contributed by atoms with Gasteiger partial charge in [-0.05, 0) is 38.4 Å². The monoisotopic (exact) mass is 342 g/mol. The Morgan fingerprint density at radius 3 is 2.53 bits per heavy atom. The van der Waals surface area contributed by atoms with Crippen LogP contribution in [0.4, 0.5) is 0 Å². The van der Waals surface area contributed by atoms with Crippen LogP contribution >= 0.6 is 34.5 Å². The van der Waals surface area contributed by atoms with E-state index in [1.165, 1.54) is 10.4 Å². The van der Waals surface area contributed by atoms with E-state index in [1.54, 1.807) is 0 Å². The molecule has 1 saturated heterocycles. The molecular weight excluding hydrogens is 327 g/mol. The zero-order valence-electron chi connectivity index (χ0n) is 10.5. The molecule has 0 aromatic carbocycles. The van der Waals surface area contributed by atoms with Crippen LogP contribution in [0.15, 0.2) is 11.0 Å². The molecule has 2 heterocycles. The topological polar surface area (TPSA) is 49.4 Å². The lowest BCUT2D eigenvalue weighted by molar-refractivity contribution is 0.271. The van der Waals surface area contributed by atoms with E-state index in [1.807, 2.05) is 7.05 Å². The molecule has 0 amide bonds. The lowest BCUT2D eigenvalue weighted by Crippen LogP contribution is -2.40. The Bertz CT molecular complexity index is 537. The van der Waals surface area contributed by atoms with Crippen molar-refractivity contribution in [1.82, 2.24) is 9.62 Å². The van der Waals surface area contributed by atoms with Crippen molar-refractivity contribution in [3.63, 3.8) is 0 Å². The first-order chi connectivity index (χ1) is 8.95. The van der Waals surface area contributed by atoms with Crippen LogP contribution in [0.2, 0.25) is 8.67 Å². The second kappa shape index (κ2) is 6.28. The molecule has 0 atom stereocenters. The van der Waals surface area contributed by atoms with E-state index in [2.05, 4.69) is 5.32 Å². The van der Waals surface area contributed by atoms with Gasteiger partial charge in [0.25, 0.3) is 0 Å². The number of rotatable bonds is 4. The second-order valence-corrected chi connectivity index (χ2v) is 8.79. The summed E-state index contributed by atoms with van der Waals surface area (Å²) in [7, 11) is -1.59. The van der Waals surface area contributed by atoms with E-state index in [-0.39, 0.29) is 9.23 Å². The summed E-state index contributed by atoms with van der Waals surface area (Å²) in [6, 6.07) is 1.43. The molecule has 19 heavy (non-hydrogen) atoms. The summed E-state index contributed by atoms with van der Waals surface area (Å²) in [6.45, 7) is 2.01. The van der Waals surface area contributed by atoms with Crippen molar-refractivity contribution < 1.29 is 8.42 Å². The number of halogens is 2. The van der Waals surface area contributed by atoms with Gasteiger partial charge in [0.2, 0.25) is 10.0 Å². The summed E-state index contributed by atoms with van der Waals surface area (Å²) in [5.74, 6) is 0.540. The number of thiophene rings is 1. The van der Waals surface area contributed by atoms with Crippen molar-refractivity contribution in [2.75, 3.05) is 26.7 Å². The third-order valence-electron chi connectivity index (χ3n) is 3.31. The third kappa shape index (κ3) is 3.43. The maximum Gasteiger partial charge on any atom is 0.245 e. The highest BCUT2D eigenvalue weighted by Gasteiger charge is 2.31. The van der Waals surface area contributed by atoms with Gasteiger partial charge in [-0.25, -0.2) is 8.42 Å². The minimum atomic E-state index is -3.50. The number of hydrogen-bond acceptors (Lipinski definition) is 4. The summed E-state index contributed by atoms with van der Waals surface area (Å²) < 4.78 is 27.1. The molecule has 1 aliphatic rings. The van der Waals surface area contributed by atoms with Gasteiger partial charge in [0.1, 0.15) is 9.23 Å². The second-order valence-electron chi connectivity index (χ2n) is 4.59. The van der Waals surface area contributed by atoms with Crippen molar-refractivity contribution in [3.05, 3.63) is 14.7 Å². The molecule has 0 radical (unpaired) electrons. The molecule has 8 heteroatoms. The highest BCUT2D eigenvalue weighted by molar-refractivity contribution is 7.89. The van der Waals surface area contributed by atoms with Crippen LogP contribution in [0.3, 0.4) is 0 Å². The molecule has 1 fully saturated rings. The summed E-state index contributed by atoms with van der Waals surface area (Å²) in [5.41, 5.74) is 0. The third-order valence-corrected chi connectivity index (χ3v) is 6.96. The summed E-state index contributed by atoms with van der Waals surface area (Å²) in [4.78, 5) is 0.135. The highest BCUT2D eigenvalue weighted by atomic mass is 35.5. The van der Waals surface area contributed by atoms with Crippen LogP contribution in [0.1, 0.15) is 12.8 Å². The van der Waals surface area contributed by atoms with Crippen LogP contribution in [0, 0.1) is 5.92 Å². The lowest BCUT2D eigenvalue weighted by atomic mass is 9.98. The molecule has 1 N–H and O–H groups in total. The van der Waals surface area contributed by atoms with Gasteiger partial charge in [-0.3, -0.25) is 0 Å². The van der Waals surface area contributed by atoms with Gasteiger partial charge in [0.15, 0.2) is 0 Å². The zero-order chi connectivity index (χ0) is 14.0. The standard InChI is InChI=1S/C11H16Cl2N2O2S2/c1-14-7-8-2-4-15(5-3-8)19(16,17)9-6-10(12)18-11(9)13/h6,8,14H,2-5,7H2,1H3. The lowest BCUT2D eigenvalue weighted by Gasteiger charge is -2.30. The maximum absolute atomic E-state index is 12.5. The first-order valence-electron chi connectivity index (χ1n) is 6.04. The van der Waals surface area contributed by atoms with Crippen molar-refractivity contribution in [2.45, 2.75) is 17.7 Å². The Kier molecular flexibility index (Phi) is 5.14. The van der Waals surface area contributed by atoms with E-state index in [0.29, 0.717) is 23.3 Å². The molecule has 0 saturated carbocycles. The first-order valence-corrected chi connectivity index (χ1v) is 9.06. The quantitative estimate of drug-likeness (QED) is 0.914. The molecule has 0 unspecified atom stereocenters. The van der Waals surface area contributed by atoms with Crippen LogP contribution in [-0.2, 0) is 10.0 Å². The Morgan fingerprint density at radius 1 is 1.42 bits per heavy atom. The molecule has 0 aliphatic carbocycles. The van der Waals surface area contributed by atoms with Crippen LogP contribution in [-0.4, -0.2) is 39.4 Å². The van der Waals surface area contributed by atoms with Gasteiger partial charge in [-0.1, -0.05) is 23.2 Å². The Morgan fingerprint density at radius 2 is 2.05 bits per heavy atom. The van der Waals surface area contributed by atoms with Crippen LogP contribution in [0.5, 0.6) is 0 Å². The summed E-state index contributed by atoms with van der Waals surface area (Å²) >= 11 is 12.8. The highest BCUT2D eigenvalue weighted by Crippen LogP contribution is 2.36. The number of nitrogens with zero attached hydrogens (tertiary/aromatic N) is 1. The largest absolute Gasteiger partial charge is 0.319 e. The number of nitrogens with one attached hydrogen (secondary N) is 1. The van der Waals surface area contributed by atoms with Crippen LogP contribution in [0.25, 0.3) is 0 Å². The Hall–Kier alpha value is 0.150. The molecule has 0 spiro atoms. The van der Waals surface area contributed by atoms with Crippen molar-refractivity contribution in [2.24, 2.45) is 5.92 Å². The smallest absolute Gasteiger partial charge is 0.245 e. The average molecular weight is 343 g/mol. The predicted octanol–water partition coefficient (Wildman–Crippen LogP) is 2.68. The summed E-state index contributed by atoms with van der Waals surface area (Å²) in [5, 5.41) is 3.13. The van der Waals surface area contributed by atoms with Gasteiger partial charge in [-0.2, -0.15) is 4.31 Å². The number of sulfonamides is 1. The average Bonchev–Trinajstić information content (AvgIpc) is 2.70. The SMILES string of the molecule is CNCC1CCN(S(=O)(=O)c2cc(Cl)sc2Cl)CC1. The number of piperidine rings is 1. The molecule has 1 aromatic rings. The fourth-order valence-corrected chi connectivity index (χ4v) is 5.87. The van der Waals surface area contributed by atoms with Gasteiger partial charge < -0.3 is 5.32 Å². The molecule has 2 rings (SSSR count). The van der Waals surface area contributed by atoms with Crippen molar-refractivity contribution in [1.29, 1.82) is 0 Å². The van der Waals surface area contributed by atoms with Crippen molar-refractivity contribution in [3.8, 4) is 0 Å². The Labute approximate surface area is 127 Å². The van der Waals surface area contributed by atoms with Gasteiger partial charge in [0, 0.05) is 13.1 Å². The number of hydrogen-bond donors (Lipinski definition) is 1. The molecule has 108 valence electrons. The van der Waals surface area contributed by atoms with Crippen molar-refractivity contribution >= 4 is 44.6 Å². The van der Waals surface area contributed by atoms with Crippen LogP contribution < -0.4 is 5.32 Å². The van der Waals surface area contributed by atoms with E-state index in [4.69, 9.17) is 23.2 Å². The van der Waals surface area contributed by atoms with E-state index < -0.39 is 10.0 Å². The minimum absolute atomic E-state index is 0.135. The zero-order valence-corrected chi connectivity index (χ0v) is 13.7. The molecular formula is C11H16Cl2N2O2S2. The predicted molar refractivity (Wildman–Crippen MR) is 79.7 cm³/mol. The van der Waals surface area contributed by atoms with Gasteiger partial charge in [0.05, 0.1) is 4.34 Å². The normalized spacial score (nSPS) is 18.9. The van der Waals surface area contributed by atoms with Gasteiger partial charge >= 0.3 is 0 Å². The van der Waals surface area contributed by atoms with E-state index >= 15 is 0 Å². The fourth-order valence-electron chi connectivity index (χ4n) is 2.28. The van der Waals surface area contributed by atoms with E-state index in [9.17, 15) is 8.42 Å². The fraction of sp³-hybridized carbons (Fsp3) is 0.636. The molecule has 0 bridgehead atoms. The minimum Gasteiger partial charge on any atom is -0.319 e. The first kappa shape index (κ1) is 15.5. The Balaban J connectivity index is 2.12. The molecule has 1 aromatic heterocycles. The van der Waals surface area contributed by atoms with E-state index in [0.717, 1.165) is 30.7 Å². The van der Waals surface area contributed by atoms with Gasteiger partial charge in [-0.15, -0.1) is 11.3 Å². The molecule has 4 nitrogen and oxygen atoms in total. The molecule has 1 aliphatic heterocycles.